The predicted molar refractivity (Wildman–Crippen MR) is 87.5 cm³/mol. The zero-order chi connectivity index (χ0) is 15.6. The molecule has 4 heteroatoms. The van der Waals surface area contributed by atoms with E-state index in [1.54, 1.807) is 19.2 Å². The van der Waals surface area contributed by atoms with Gasteiger partial charge in [-0.1, -0.05) is 18.2 Å². The van der Waals surface area contributed by atoms with Crippen LogP contribution < -0.4 is 10.1 Å². The maximum Gasteiger partial charge on any atom is 0.137 e. The Kier molecular flexibility index (Phi) is 5.01. The first-order chi connectivity index (χ1) is 9.99. The fraction of sp³-hybridized carbons (Fsp3) is 0.294. The Labute approximate surface area is 133 Å². The van der Waals surface area contributed by atoms with E-state index in [4.69, 9.17) is 4.74 Å². The molecule has 0 saturated heterocycles. The zero-order valence-electron chi connectivity index (χ0n) is 12.6. The van der Waals surface area contributed by atoms with Crippen LogP contribution in [0.2, 0.25) is 0 Å². The summed E-state index contributed by atoms with van der Waals surface area (Å²) in [5.74, 6) is 0.577. The van der Waals surface area contributed by atoms with Crippen molar-refractivity contribution in [3.63, 3.8) is 0 Å². The van der Waals surface area contributed by atoms with Crippen molar-refractivity contribution in [2.24, 2.45) is 0 Å². The van der Waals surface area contributed by atoms with Crippen LogP contribution in [-0.2, 0) is 0 Å². The molecule has 2 nitrogen and oxygen atoms in total. The van der Waals surface area contributed by atoms with E-state index >= 15 is 0 Å². The molecule has 0 fully saturated rings. The minimum absolute atomic E-state index is 0.123. The highest BCUT2D eigenvalue weighted by atomic mass is 79.9. The summed E-state index contributed by atoms with van der Waals surface area (Å²) in [5, 5.41) is 3.24. The fourth-order valence-electron chi connectivity index (χ4n) is 2.50. The van der Waals surface area contributed by atoms with E-state index in [0.717, 1.165) is 22.4 Å². The molecule has 2 rings (SSSR count). The van der Waals surface area contributed by atoms with Crippen LogP contribution in [0.3, 0.4) is 0 Å². The lowest BCUT2D eigenvalue weighted by Crippen LogP contribution is -2.19. The number of hydrogen-bond acceptors (Lipinski definition) is 2. The van der Waals surface area contributed by atoms with Gasteiger partial charge in [-0.05, 0) is 65.6 Å². The first-order valence-electron chi connectivity index (χ1n) is 6.76. The van der Waals surface area contributed by atoms with Gasteiger partial charge in [-0.2, -0.15) is 0 Å². The van der Waals surface area contributed by atoms with Crippen LogP contribution in [0.5, 0.6) is 5.75 Å². The third kappa shape index (κ3) is 3.11. The van der Waals surface area contributed by atoms with Crippen LogP contribution >= 0.6 is 15.9 Å². The van der Waals surface area contributed by atoms with Gasteiger partial charge in [0.2, 0.25) is 0 Å². The van der Waals surface area contributed by atoms with Crippen molar-refractivity contribution in [1.82, 2.24) is 5.32 Å². The second kappa shape index (κ2) is 6.58. The quantitative estimate of drug-likeness (QED) is 0.873. The van der Waals surface area contributed by atoms with Gasteiger partial charge in [-0.3, -0.25) is 0 Å². The van der Waals surface area contributed by atoms with Crippen LogP contribution in [-0.4, -0.2) is 14.2 Å². The number of methoxy groups -OCH3 is 1. The molecular formula is C17H19BrFNO. The van der Waals surface area contributed by atoms with Gasteiger partial charge >= 0.3 is 0 Å². The highest BCUT2D eigenvalue weighted by Crippen LogP contribution is 2.34. The Morgan fingerprint density at radius 1 is 1.19 bits per heavy atom. The van der Waals surface area contributed by atoms with E-state index in [0.29, 0.717) is 4.47 Å². The molecule has 1 unspecified atom stereocenters. The molecule has 2 aromatic rings. The first kappa shape index (κ1) is 16.0. The average molecular weight is 352 g/mol. The molecule has 112 valence electrons. The maximum absolute atomic E-state index is 13.8. The van der Waals surface area contributed by atoms with Gasteiger partial charge in [0.15, 0.2) is 0 Å². The molecule has 21 heavy (non-hydrogen) atoms. The second-order valence-corrected chi connectivity index (χ2v) is 5.88. The van der Waals surface area contributed by atoms with Crippen molar-refractivity contribution >= 4 is 15.9 Å². The number of nitrogens with one attached hydrogen (secondary N) is 1. The summed E-state index contributed by atoms with van der Waals surface area (Å²) in [6.45, 7) is 4.09. The van der Waals surface area contributed by atoms with E-state index < -0.39 is 0 Å². The smallest absolute Gasteiger partial charge is 0.137 e. The SMILES string of the molecule is CNC(c1ccc(Br)c(F)c1)c1ccc(C)c(C)c1OC. The molecule has 0 aliphatic heterocycles. The summed E-state index contributed by atoms with van der Waals surface area (Å²) in [6.07, 6.45) is 0. The normalized spacial score (nSPS) is 12.3. The molecule has 0 saturated carbocycles. The highest BCUT2D eigenvalue weighted by Gasteiger charge is 2.19. The Balaban J connectivity index is 2.56. The molecular weight excluding hydrogens is 333 g/mol. The number of benzene rings is 2. The lowest BCUT2D eigenvalue weighted by atomic mass is 9.94. The summed E-state index contributed by atoms with van der Waals surface area (Å²) < 4.78 is 19.8. The summed E-state index contributed by atoms with van der Waals surface area (Å²) in [7, 11) is 3.53. The monoisotopic (exact) mass is 351 g/mol. The molecule has 1 N–H and O–H groups in total. The van der Waals surface area contributed by atoms with Crippen molar-refractivity contribution < 1.29 is 9.13 Å². The number of halogens is 2. The van der Waals surface area contributed by atoms with Crippen molar-refractivity contribution in [2.75, 3.05) is 14.2 Å². The molecule has 0 radical (unpaired) electrons. The van der Waals surface area contributed by atoms with Crippen LogP contribution in [0.25, 0.3) is 0 Å². The van der Waals surface area contributed by atoms with Crippen LogP contribution in [0.15, 0.2) is 34.8 Å². The minimum atomic E-state index is -0.268. The van der Waals surface area contributed by atoms with Crippen LogP contribution in [0.4, 0.5) is 4.39 Å². The van der Waals surface area contributed by atoms with Crippen LogP contribution in [0.1, 0.15) is 28.3 Å². The van der Waals surface area contributed by atoms with Gasteiger partial charge in [0.25, 0.3) is 0 Å². The molecule has 0 bridgehead atoms. The van der Waals surface area contributed by atoms with Gasteiger partial charge < -0.3 is 10.1 Å². The summed E-state index contributed by atoms with van der Waals surface area (Å²) >= 11 is 3.19. The zero-order valence-corrected chi connectivity index (χ0v) is 14.2. The Hall–Kier alpha value is -1.39. The highest BCUT2D eigenvalue weighted by molar-refractivity contribution is 9.10. The van der Waals surface area contributed by atoms with E-state index in [-0.39, 0.29) is 11.9 Å². The van der Waals surface area contributed by atoms with Crippen molar-refractivity contribution in [2.45, 2.75) is 19.9 Å². The molecule has 0 aromatic heterocycles. The third-order valence-electron chi connectivity index (χ3n) is 3.79. The van der Waals surface area contributed by atoms with E-state index in [2.05, 4.69) is 34.2 Å². The fourth-order valence-corrected chi connectivity index (χ4v) is 2.75. The predicted octanol–water partition coefficient (Wildman–Crippen LogP) is 4.52. The van der Waals surface area contributed by atoms with Crippen molar-refractivity contribution in [3.05, 3.63) is 62.9 Å². The third-order valence-corrected chi connectivity index (χ3v) is 4.43. The standard InChI is InChI=1S/C17H19BrFNO/c1-10-5-7-13(17(21-4)11(10)2)16(20-3)12-6-8-14(18)15(19)9-12/h5-9,16,20H,1-4H3. The summed E-state index contributed by atoms with van der Waals surface area (Å²) in [4.78, 5) is 0. The Morgan fingerprint density at radius 3 is 2.48 bits per heavy atom. The van der Waals surface area contributed by atoms with Gasteiger partial charge in [-0.25, -0.2) is 4.39 Å². The maximum atomic E-state index is 13.8. The summed E-state index contributed by atoms with van der Waals surface area (Å²) in [6, 6.07) is 9.14. The van der Waals surface area contributed by atoms with Crippen molar-refractivity contribution in [1.29, 1.82) is 0 Å². The first-order valence-corrected chi connectivity index (χ1v) is 7.55. The molecule has 0 amide bonds. The van der Waals surface area contributed by atoms with E-state index in [1.807, 2.05) is 26.1 Å². The number of rotatable bonds is 4. The second-order valence-electron chi connectivity index (χ2n) is 5.03. The molecule has 2 aromatic carbocycles. The lowest BCUT2D eigenvalue weighted by Gasteiger charge is -2.22. The minimum Gasteiger partial charge on any atom is -0.496 e. The summed E-state index contributed by atoms with van der Waals surface area (Å²) in [5.41, 5.74) is 4.14. The topological polar surface area (TPSA) is 21.3 Å². The molecule has 1 atom stereocenters. The van der Waals surface area contributed by atoms with Gasteiger partial charge in [0, 0.05) is 5.56 Å². The Bertz CT molecular complexity index is 657. The van der Waals surface area contributed by atoms with E-state index in [1.165, 1.54) is 5.56 Å². The van der Waals surface area contributed by atoms with Crippen LogP contribution in [0, 0.1) is 19.7 Å². The van der Waals surface area contributed by atoms with Gasteiger partial charge in [0.05, 0.1) is 17.6 Å². The Morgan fingerprint density at radius 2 is 1.90 bits per heavy atom. The lowest BCUT2D eigenvalue weighted by molar-refractivity contribution is 0.402. The molecule has 0 heterocycles. The largest absolute Gasteiger partial charge is 0.496 e. The molecule has 0 aliphatic rings. The van der Waals surface area contributed by atoms with Crippen molar-refractivity contribution in [3.8, 4) is 5.75 Å². The molecule has 0 aliphatic carbocycles. The molecule has 0 spiro atoms. The number of aryl methyl sites for hydroxylation is 1. The van der Waals surface area contributed by atoms with E-state index in [9.17, 15) is 4.39 Å². The number of ether oxygens (including phenoxy) is 1. The number of hydrogen-bond donors (Lipinski definition) is 1. The van der Waals surface area contributed by atoms with Gasteiger partial charge in [0.1, 0.15) is 11.6 Å². The average Bonchev–Trinajstić information content (AvgIpc) is 2.47. The van der Waals surface area contributed by atoms with Gasteiger partial charge in [-0.15, -0.1) is 0 Å².